The lowest BCUT2D eigenvalue weighted by Gasteiger charge is -2.21. The monoisotopic (exact) mass is 633 g/mol. The summed E-state index contributed by atoms with van der Waals surface area (Å²) in [5.41, 5.74) is 4.16. The Labute approximate surface area is 247 Å². The first-order valence-electron chi connectivity index (χ1n) is 12.5. The molecule has 3 aromatic rings. The second-order valence-electron chi connectivity index (χ2n) is 8.71. The number of rotatable bonds is 13. The Kier molecular flexibility index (Phi) is 12.1. The maximum absolute atomic E-state index is 13.1. The van der Waals surface area contributed by atoms with E-state index in [0.29, 0.717) is 17.4 Å². The van der Waals surface area contributed by atoms with Crippen molar-refractivity contribution in [2.24, 2.45) is 5.10 Å². The third-order valence-corrected chi connectivity index (χ3v) is 6.73. The molecule has 10 heteroatoms. The molecule has 2 N–H and O–H groups in total. The van der Waals surface area contributed by atoms with Crippen LogP contribution in [0.2, 0.25) is 10.0 Å². The summed E-state index contributed by atoms with van der Waals surface area (Å²) in [6.07, 6.45) is 2.89. The molecule has 0 aromatic heterocycles. The highest BCUT2D eigenvalue weighted by molar-refractivity contribution is 9.10. The highest BCUT2D eigenvalue weighted by Crippen LogP contribution is 2.28. The highest BCUT2D eigenvalue weighted by Gasteiger charge is 2.25. The standard InChI is InChI=1S/C29H30BrCl2N3O4/c1-3-4-14-38-26-12-10-21(15-23(26)30)18-33-35-29(37)25(16-20-8-6-5-7-9-20)34-28(36)19(2)39-27-13-11-22(31)17-24(27)32/h5-13,15,17-19,25H,3-4,14,16H2,1-2H3,(H,34,36)(H,35,37)/b33-18-/t19-,25-/m1/s1. The van der Waals surface area contributed by atoms with Crippen molar-refractivity contribution in [3.05, 3.63) is 92.4 Å². The molecule has 0 aliphatic heterocycles. The summed E-state index contributed by atoms with van der Waals surface area (Å²) in [5.74, 6) is 0.0965. The van der Waals surface area contributed by atoms with Crippen molar-refractivity contribution < 1.29 is 19.1 Å². The van der Waals surface area contributed by atoms with Crippen LogP contribution in [-0.2, 0) is 16.0 Å². The van der Waals surface area contributed by atoms with E-state index in [4.69, 9.17) is 32.7 Å². The van der Waals surface area contributed by atoms with Crippen molar-refractivity contribution in [3.63, 3.8) is 0 Å². The van der Waals surface area contributed by atoms with Gasteiger partial charge in [0.1, 0.15) is 17.5 Å². The summed E-state index contributed by atoms with van der Waals surface area (Å²) in [6.45, 7) is 4.32. The van der Waals surface area contributed by atoms with Gasteiger partial charge in [-0.2, -0.15) is 5.10 Å². The number of hydrazone groups is 1. The van der Waals surface area contributed by atoms with Crippen molar-refractivity contribution in [1.82, 2.24) is 10.7 Å². The molecule has 0 saturated carbocycles. The molecular weight excluding hydrogens is 605 g/mol. The van der Waals surface area contributed by atoms with E-state index < -0.39 is 24.0 Å². The fraction of sp³-hybridized carbons (Fsp3) is 0.276. The number of amides is 2. The molecule has 206 valence electrons. The summed E-state index contributed by atoms with van der Waals surface area (Å²) in [4.78, 5) is 26.0. The van der Waals surface area contributed by atoms with Gasteiger partial charge in [-0.3, -0.25) is 9.59 Å². The lowest BCUT2D eigenvalue weighted by Crippen LogP contribution is -2.50. The predicted molar refractivity (Wildman–Crippen MR) is 159 cm³/mol. The first kappa shape index (κ1) is 30.5. The maximum Gasteiger partial charge on any atom is 0.262 e. The number of hydrogen-bond donors (Lipinski definition) is 2. The quantitative estimate of drug-likeness (QED) is 0.126. The normalized spacial score (nSPS) is 12.5. The predicted octanol–water partition coefficient (Wildman–Crippen LogP) is 6.58. The molecule has 0 bridgehead atoms. The number of unbranched alkanes of at least 4 members (excludes halogenated alkanes) is 1. The first-order valence-corrected chi connectivity index (χ1v) is 14.0. The van der Waals surface area contributed by atoms with E-state index in [0.717, 1.165) is 34.2 Å². The Bertz CT molecular complexity index is 1290. The second kappa shape index (κ2) is 15.5. The van der Waals surface area contributed by atoms with Crippen molar-refractivity contribution in [1.29, 1.82) is 0 Å². The van der Waals surface area contributed by atoms with Crippen LogP contribution in [0.1, 0.15) is 37.8 Å². The summed E-state index contributed by atoms with van der Waals surface area (Å²) in [7, 11) is 0. The average molecular weight is 635 g/mol. The smallest absolute Gasteiger partial charge is 0.262 e. The zero-order chi connectivity index (χ0) is 28.2. The minimum Gasteiger partial charge on any atom is -0.492 e. The SMILES string of the molecule is CCCCOc1ccc(/C=N\NC(=O)[C@@H](Cc2ccccc2)NC(=O)[C@@H](C)Oc2ccc(Cl)cc2Cl)cc1Br. The number of nitrogens with one attached hydrogen (secondary N) is 2. The molecular formula is C29H30BrCl2N3O4. The van der Waals surface area contributed by atoms with Gasteiger partial charge in [-0.1, -0.05) is 66.9 Å². The molecule has 0 radical (unpaired) electrons. The average Bonchev–Trinajstić information content (AvgIpc) is 2.91. The third-order valence-electron chi connectivity index (χ3n) is 5.58. The maximum atomic E-state index is 13.1. The number of halogens is 3. The van der Waals surface area contributed by atoms with Crippen molar-refractivity contribution in [2.75, 3.05) is 6.61 Å². The van der Waals surface area contributed by atoms with Gasteiger partial charge in [-0.05, 0) is 76.8 Å². The Balaban J connectivity index is 1.65. The number of benzene rings is 3. The van der Waals surface area contributed by atoms with Crippen LogP contribution in [0.15, 0.2) is 76.3 Å². The molecule has 0 unspecified atom stereocenters. The van der Waals surface area contributed by atoms with Crippen LogP contribution in [0.4, 0.5) is 0 Å². The van der Waals surface area contributed by atoms with Gasteiger partial charge in [-0.15, -0.1) is 0 Å². The molecule has 39 heavy (non-hydrogen) atoms. The van der Waals surface area contributed by atoms with Gasteiger partial charge in [0.25, 0.3) is 11.8 Å². The van der Waals surface area contributed by atoms with Crippen molar-refractivity contribution in [3.8, 4) is 11.5 Å². The van der Waals surface area contributed by atoms with Crippen molar-refractivity contribution in [2.45, 2.75) is 45.3 Å². The summed E-state index contributed by atoms with van der Waals surface area (Å²) < 4.78 is 12.2. The fourth-order valence-electron chi connectivity index (χ4n) is 3.45. The molecule has 0 spiro atoms. The fourth-order valence-corrected chi connectivity index (χ4v) is 4.42. The Hall–Kier alpha value is -3.07. The molecule has 7 nitrogen and oxygen atoms in total. The van der Waals surface area contributed by atoms with Crippen LogP contribution in [0.5, 0.6) is 11.5 Å². The lowest BCUT2D eigenvalue weighted by atomic mass is 10.1. The molecule has 2 amide bonds. The molecule has 0 aliphatic carbocycles. The van der Waals surface area contributed by atoms with Gasteiger partial charge in [0.15, 0.2) is 6.10 Å². The van der Waals surface area contributed by atoms with Gasteiger partial charge in [-0.25, -0.2) is 5.43 Å². The zero-order valence-electron chi connectivity index (χ0n) is 21.6. The largest absolute Gasteiger partial charge is 0.492 e. The van der Waals surface area contributed by atoms with E-state index in [1.165, 1.54) is 12.3 Å². The first-order chi connectivity index (χ1) is 18.8. The Morgan fingerprint density at radius 1 is 1.03 bits per heavy atom. The van der Waals surface area contributed by atoms with E-state index in [1.807, 2.05) is 48.5 Å². The van der Waals surface area contributed by atoms with E-state index in [2.05, 4.69) is 38.7 Å². The summed E-state index contributed by atoms with van der Waals surface area (Å²) in [5, 5.41) is 7.59. The van der Waals surface area contributed by atoms with Crippen LogP contribution >= 0.6 is 39.1 Å². The molecule has 0 heterocycles. The van der Waals surface area contributed by atoms with E-state index >= 15 is 0 Å². The molecule has 0 fully saturated rings. The van der Waals surface area contributed by atoms with Crippen LogP contribution in [-0.4, -0.2) is 36.8 Å². The number of carbonyl (C=O) groups excluding carboxylic acids is 2. The van der Waals surface area contributed by atoms with Crippen LogP contribution in [0, 0.1) is 0 Å². The number of nitrogens with zero attached hydrogens (tertiary/aromatic N) is 1. The second-order valence-corrected chi connectivity index (χ2v) is 10.4. The van der Waals surface area contributed by atoms with Gasteiger partial charge < -0.3 is 14.8 Å². The van der Waals surface area contributed by atoms with E-state index in [1.54, 1.807) is 19.1 Å². The van der Waals surface area contributed by atoms with Crippen LogP contribution in [0.25, 0.3) is 0 Å². The van der Waals surface area contributed by atoms with Gasteiger partial charge >= 0.3 is 0 Å². The van der Waals surface area contributed by atoms with E-state index in [9.17, 15) is 9.59 Å². The number of hydrogen-bond acceptors (Lipinski definition) is 5. The van der Waals surface area contributed by atoms with Gasteiger partial charge in [0.2, 0.25) is 0 Å². The topological polar surface area (TPSA) is 89.0 Å². The molecule has 3 aromatic carbocycles. The zero-order valence-corrected chi connectivity index (χ0v) is 24.7. The summed E-state index contributed by atoms with van der Waals surface area (Å²) in [6, 6.07) is 18.7. The molecule has 3 rings (SSSR count). The van der Waals surface area contributed by atoms with Crippen LogP contribution < -0.4 is 20.2 Å². The van der Waals surface area contributed by atoms with Gasteiger partial charge in [0, 0.05) is 11.4 Å². The van der Waals surface area contributed by atoms with E-state index in [-0.39, 0.29) is 11.4 Å². The Morgan fingerprint density at radius 3 is 2.46 bits per heavy atom. The molecule has 0 saturated heterocycles. The lowest BCUT2D eigenvalue weighted by molar-refractivity contribution is -0.132. The third kappa shape index (κ3) is 9.88. The molecule has 2 atom stereocenters. The van der Waals surface area contributed by atoms with Crippen molar-refractivity contribution >= 4 is 57.2 Å². The van der Waals surface area contributed by atoms with Gasteiger partial charge in [0.05, 0.1) is 22.3 Å². The number of carbonyl (C=O) groups is 2. The molecule has 0 aliphatic rings. The minimum atomic E-state index is -0.923. The highest BCUT2D eigenvalue weighted by atomic mass is 79.9. The number of ether oxygens (including phenoxy) is 2. The Morgan fingerprint density at radius 2 is 1.77 bits per heavy atom. The summed E-state index contributed by atoms with van der Waals surface area (Å²) >= 11 is 15.6. The minimum absolute atomic E-state index is 0.262. The van der Waals surface area contributed by atoms with Crippen LogP contribution in [0.3, 0.4) is 0 Å².